The van der Waals surface area contributed by atoms with E-state index in [0.717, 1.165) is 51.6 Å². The Morgan fingerprint density at radius 1 is 1.33 bits per heavy atom. The third-order valence-corrected chi connectivity index (χ3v) is 5.67. The summed E-state index contributed by atoms with van der Waals surface area (Å²) in [5, 5.41) is 6.88. The molecule has 1 heterocycles. The summed E-state index contributed by atoms with van der Waals surface area (Å²) < 4.78 is 16.7. The quantitative estimate of drug-likeness (QED) is 0.267. The Balaban J connectivity index is 0.00000288. The molecule has 7 heteroatoms. The monoisotopic (exact) mass is 455 g/mol. The van der Waals surface area contributed by atoms with Gasteiger partial charge in [-0.15, -0.1) is 24.0 Å². The van der Waals surface area contributed by atoms with Crippen LogP contribution in [-0.4, -0.2) is 64.2 Å². The van der Waals surface area contributed by atoms with Crippen molar-refractivity contribution in [1.82, 2.24) is 10.6 Å². The second kappa shape index (κ2) is 9.54. The second-order valence-corrected chi connectivity index (χ2v) is 7.27. The number of methoxy groups -OCH3 is 1. The lowest BCUT2D eigenvalue weighted by molar-refractivity contribution is -0.176. The SMILES string of the molecule is CN=C(NCCCOC1CCOC1)NC1CC(C)(OC)C1(C)C.I. The number of hydrogen-bond acceptors (Lipinski definition) is 4. The zero-order chi connectivity index (χ0) is 16.9. The van der Waals surface area contributed by atoms with Crippen LogP contribution >= 0.6 is 24.0 Å². The van der Waals surface area contributed by atoms with Crippen molar-refractivity contribution < 1.29 is 14.2 Å². The van der Waals surface area contributed by atoms with E-state index >= 15 is 0 Å². The van der Waals surface area contributed by atoms with Gasteiger partial charge in [0, 0.05) is 45.4 Å². The lowest BCUT2D eigenvalue weighted by Gasteiger charge is -2.59. The van der Waals surface area contributed by atoms with Crippen molar-refractivity contribution >= 4 is 29.9 Å². The highest BCUT2D eigenvalue weighted by atomic mass is 127. The summed E-state index contributed by atoms with van der Waals surface area (Å²) in [4.78, 5) is 4.32. The molecule has 2 aliphatic rings. The summed E-state index contributed by atoms with van der Waals surface area (Å²) in [6.07, 6.45) is 3.25. The number of aliphatic imine (C=N–C) groups is 1. The third-order valence-electron chi connectivity index (χ3n) is 5.67. The smallest absolute Gasteiger partial charge is 0.191 e. The predicted molar refractivity (Wildman–Crippen MR) is 107 cm³/mol. The Labute approximate surface area is 163 Å². The highest BCUT2D eigenvalue weighted by Gasteiger charge is 2.58. The highest BCUT2D eigenvalue weighted by molar-refractivity contribution is 14.0. The van der Waals surface area contributed by atoms with Crippen LogP contribution in [0.3, 0.4) is 0 Å². The van der Waals surface area contributed by atoms with Crippen LogP contribution < -0.4 is 10.6 Å². The summed E-state index contributed by atoms with van der Waals surface area (Å²) >= 11 is 0. The Morgan fingerprint density at radius 2 is 2.08 bits per heavy atom. The number of rotatable bonds is 7. The minimum atomic E-state index is -0.0687. The number of hydrogen-bond donors (Lipinski definition) is 2. The van der Waals surface area contributed by atoms with Gasteiger partial charge in [0.2, 0.25) is 0 Å². The molecule has 0 spiro atoms. The van der Waals surface area contributed by atoms with Gasteiger partial charge < -0.3 is 24.8 Å². The number of nitrogens with one attached hydrogen (secondary N) is 2. The minimum Gasteiger partial charge on any atom is -0.379 e. The van der Waals surface area contributed by atoms with Gasteiger partial charge in [0.25, 0.3) is 0 Å². The van der Waals surface area contributed by atoms with Gasteiger partial charge in [-0.2, -0.15) is 0 Å². The summed E-state index contributed by atoms with van der Waals surface area (Å²) in [6, 6.07) is 0.366. The van der Waals surface area contributed by atoms with Crippen LogP contribution in [0, 0.1) is 5.41 Å². The van der Waals surface area contributed by atoms with E-state index in [1.807, 2.05) is 7.05 Å². The van der Waals surface area contributed by atoms with Crippen molar-refractivity contribution in [3.05, 3.63) is 0 Å². The largest absolute Gasteiger partial charge is 0.379 e. The fourth-order valence-corrected chi connectivity index (χ4v) is 3.26. The molecule has 0 radical (unpaired) electrons. The highest BCUT2D eigenvalue weighted by Crippen LogP contribution is 2.51. The fraction of sp³-hybridized carbons (Fsp3) is 0.941. The molecule has 0 aromatic carbocycles. The number of ether oxygens (including phenoxy) is 3. The molecule has 2 rings (SSSR count). The molecule has 24 heavy (non-hydrogen) atoms. The first-order valence-electron chi connectivity index (χ1n) is 8.64. The predicted octanol–water partition coefficient (Wildman–Crippen LogP) is 2.17. The van der Waals surface area contributed by atoms with E-state index < -0.39 is 0 Å². The first-order chi connectivity index (χ1) is 10.9. The van der Waals surface area contributed by atoms with Crippen LogP contribution in [0.15, 0.2) is 4.99 Å². The average Bonchev–Trinajstić information content (AvgIpc) is 3.05. The maximum absolute atomic E-state index is 5.76. The molecule has 0 aromatic heterocycles. The Morgan fingerprint density at radius 3 is 2.62 bits per heavy atom. The van der Waals surface area contributed by atoms with Crippen LogP contribution in [0.2, 0.25) is 0 Å². The number of halogens is 1. The maximum Gasteiger partial charge on any atom is 0.191 e. The second-order valence-electron chi connectivity index (χ2n) is 7.27. The summed E-state index contributed by atoms with van der Waals surface area (Å²) in [5.74, 6) is 0.852. The van der Waals surface area contributed by atoms with Crippen molar-refractivity contribution in [3.63, 3.8) is 0 Å². The Hall–Kier alpha value is -0.120. The lowest BCUT2D eigenvalue weighted by Crippen LogP contribution is -2.69. The van der Waals surface area contributed by atoms with Crippen LogP contribution in [0.1, 0.15) is 40.0 Å². The van der Waals surface area contributed by atoms with E-state index in [-0.39, 0.29) is 41.1 Å². The van der Waals surface area contributed by atoms with Crippen LogP contribution in [0.4, 0.5) is 0 Å². The molecule has 3 unspecified atom stereocenters. The van der Waals surface area contributed by atoms with Gasteiger partial charge >= 0.3 is 0 Å². The molecule has 1 aliphatic heterocycles. The van der Waals surface area contributed by atoms with Gasteiger partial charge in [-0.05, 0) is 26.2 Å². The van der Waals surface area contributed by atoms with E-state index in [1.165, 1.54) is 0 Å². The molecule has 1 saturated carbocycles. The molecule has 1 aliphatic carbocycles. The number of nitrogens with zero attached hydrogens (tertiary/aromatic N) is 1. The van der Waals surface area contributed by atoms with Crippen molar-refractivity contribution in [1.29, 1.82) is 0 Å². The van der Waals surface area contributed by atoms with Crippen LogP contribution in [-0.2, 0) is 14.2 Å². The van der Waals surface area contributed by atoms with Crippen molar-refractivity contribution in [2.45, 2.75) is 57.8 Å². The van der Waals surface area contributed by atoms with Crippen molar-refractivity contribution in [2.75, 3.05) is 40.5 Å². The van der Waals surface area contributed by atoms with Crippen LogP contribution in [0.25, 0.3) is 0 Å². The van der Waals surface area contributed by atoms with Gasteiger partial charge in [0.15, 0.2) is 5.96 Å². The molecule has 6 nitrogen and oxygen atoms in total. The van der Waals surface area contributed by atoms with E-state index in [9.17, 15) is 0 Å². The van der Waals surface area contributed by atoms with Crippen molar-refractivity contribution in [2.24, 2.45) is 10.4 Å². The Bertz CT molecular complexity index is 414. The average molecular weight is 455 g/mol. The van der Waals surface area contributed by atoms with Crippen molar-refractivity contribution in [3.8, 4) is 0 Å². The first kappa shape index (κ1) is 21.9. The zero-order valence-electron chi connectivity index (χ0n) is 15.7. The maximum atomic E-state index is 5.76. The normalized spacial score (nSPS) is 32.0. The fourth-order valence-electron chi connectivity index (χ4n) is 3.26. The molecule has 1 saturated heterocycles. The van der Waals surface area contributed by atoms with Gasteiger partial charge in [0.05, 0.1) is 18.3 Å². The summed E-state index contributed by atoms with van der Waals surface area (Å²) in [6.45, 7) is 9.83. The summed E-state index contributed by atoms with van der Waals surface area (Å²) in [5.41, 5.74) is 0.00562. The molecule has 2 N–H and O–H groups in total. The molecule has 142 valence electrons. The first-order valence-corrected chi connectivity index (χ1v) is 8.64. The molecular formula is C17H34IN3O3. The minimum absolute atomic E-state index is 0. The molecular weight excluding hydrogens is 421 g/mol. The Kier molecular flexibility index (Phi) is 8.72. The molecule has 2 fully saturated rings. The molecule has 0 bridgehead atoms. The lowest BCUT2D eigenvalue weighted by atomic mass is 9.56. The number of guanidine groups is 1. The van der Waals surface area contributed by atoms with Gasteiger partial charge in [0.1, 0.15) is 0 Å². The summed E-state index contributed by atoms with van der Waals surface area (Å²) in [7, 11) is 3.60. The zero-order valence-corrected chi connectivity index (χ0v) is 18.0. The molecule has 3 atom stereocenters. The van der Waals surface area contributed by atoms with Gasteiger partial charge in [-0.1, -0.05) is 13.8 Å². The van der Waals surface area contributed by atoms with Crippen LogP contribution in [0.5, 0.6) is 0 Å². The molecule has 0 aromatic rings. The molecule has 0 amide bonds. The van der Waals surface area contributed by atoms with E-state index in [0.29, 0.717) is 6.04 Å². The van der Waals surface area contributed by atoms with E-state index in [4.69, 9.17) is 14.2 Å². The third kappa shape index (κ3) is 4.95. The van der Waals surface area contributed by atoms with E-state index in [1.54, 1.807) is 7.11 Å². The van der Waals surface area contributed by atoms with Gasteiger partial charge in [-0.3, -0.25) is 4.99 Å². The standard InChI is InChI=1S/C17H33N3O3.HI/c1-16(2)14(11-17(16,3)21-5)20-15(18-4)19-8-6-9-23-13-7-10-22-12-13;/h13-14H,6-12H2,1-5H3,(H2,18,19,20);1H. The van der Waals surface area contributed by atoms with E-state index in [2.05, 4.69) is 36.4 Å². The van der Waals surface area contributed by atoms with Gasteiger partial charge in [-0.25, -0.2) is 0 Å². The topological polar surface area (TPSA) is 64.1 Å².